The van der Waals surface area contributed by atoms with E-state index in [2.05, 4.69) is 14.5 Å². The van der Waals surface area contributed by atoms with E-state index in [1.54, 1.807) is 7.11 Å². The number of alkyl halides is 1. The molecule has 6 heteroatoms. The number of hydrogen-bond donors (Lipinski definition) is 2. The molecule has 5 rings (SSSR count). The smallest absolute Gasteiger partial charge is 0.246 e. The van der Waals surface area contributed by atoms with Crippen LogP contribution in [0.2, 0.25) is 0 Å². The monoisotopic (exact) mass is 380 g/mol. The number of ether oxygens (including phenoxy) is 1. The first-order chi connectivity index (χ1) is 13.1. The number of H-pyrrole nitrogens is 2. The van der Waals surface area contributed by atoms with Crippen LogP contribution < -0.4 is 9.30 Å². The van der Waals surface area contributed by atoms with Crippen LogP contribution in [0.3, 0.4) is 0 Å². The third kappa shape index (κ3) is 2.61. The highest BCUT2D eigenvalue weighted by Gasteiger charge is 2.39. The number of aromatic nitrogens is 3. The molecule has 27 heavy (non-hydrogen) atoms. The van der Waals surface area contributed by atoms with E-state index in [1.807, 2.05) is 48.8 Å². The molecule has 1 aliphatic heterocycles. The lowest BCUT2D eigenvalue weighted by atomic mass is 9.95. The van der Waals surface area contributed by atoms with Crippen LogP contribution in [0.1, 0.15) is 28.6 Å². The maximum Gasteiger partial charge on any atom is 0.246 e. The summed E-state index contributed by atoms with van der Waals surface area (Å²) < 4.78 is 7.37. The maximum absolute atomic E-state index is 13.4. The van der Waals surface area contributed by atoms with Gasteiger partial charge < -0.3 is 14.7 Å². The van der Waals surface area contributed by atoms with Crippen molar-refractivity contribution in [1.29, 1.82) is 0 Å². The van der Waals surface area contributed by atoms with E-state index >= 15 is 0 Å². The topological polar surface area (TPSA) is 61.8 Å². The maximum atomic E-state index is 13.4. The van der Waals surface area contributed by atoms with Gasteiger partial charge in [-0.1, -0.05) is 0 Å². The second kappa shape index (κ2) is 6.13. The highest BCUT2D eigenvalue weighted by atomic mass is 35.5. The fraction of sp³-hybridized carbons (Fsp3) is 0.238. The number of carbonyl (C=O) groups is 1. The number of nitrogens with one attached hydrogen (secondary N) is 2. The first-order valence-corrected chi connectivity index (χ1v) is 9.43. The van der Waals surface area contributed by atoms with Crippen molar-refractivity contribution in [2.75, 3.05) is 7.11 Å². The van der Waals surface area contributed by atoms with Gasteiger partial charge in [0.15, 0.2) is 11.9 Å². The molecule has 0 radical (unpaired) electrons. The van der Waals surface area contributed by atoms with Gasteiger partial charge >= 0.3 is 0 Å². The van der Waals surface area contributed by atoms with Crippen LogP contribution in [0.4, 0.5) is 0 Å². The average molecular weight is 381 g/mol. The predicted molar refractivity (Wildman–Crippen MR) is 105 cm³/mol. The van der Waals surface area contributed by atoms with E-state index in [-0.39, 0.29) is 17.2 Å². The van der Waals surface area contributed by atoms with Crippen molar-refractivity contribution in [2.45, 2.75) is 24.3 Å². The van der Waals surface area contributed by atoms with Crippen molar-refractivity contribution in [3.05, 3.63) is 60.2 Å². The molecule has 4 aromatic rings. The number of aromatic amines is 2. The normalized spacial score (nSPS) is 19.3. The van der Waals surface area contributed by atoms with Gasteiger partial charge in [-0.05, 0) is 30.3 Å². The summed E-state index contributed by atoms with van der Waals surface area (Å²) in [5.41, 5.74) is 3.69. The number of methoxy groups -OCH3 is 1. The number of ketones is 1. The van der Waals surface area contributed by atoms with Crippen LogP contribution in [0.5, 0.6) is 5.75 Å². The molecule has 0 saturated heterocycles. The van der Waals surface area contributed by atoms with Gasteiger partial charge in [0.2, 0.25) is 11.8 Å². The summed E-state index contributed by atoms with van der Waals surface area (Å²) in [5.74, 6) is 0.824. The highest BCUT2D eigenvalue weighted by molar-refractivity contribution is 6.21. The summed E-state index contributed by atoms with van der Waals surface area (Å²) in [6.07, 6.45) is 5.29. The van der Waals surface area contributed by atoms with Crippen molar-refractivity contribution in [3.8, 4) is 5.75 Å². The number of halogens is 1. The van der Waals surface area contributed by atoms with Gasteiger partial charge in [0.05, 0.1) is 29.1 Å². The highest BCUT2D eigenvalue weighted by Crippen LogP contribution is 2.30. The lowest BCUT2D eigenvalue weighted by Crippen LogP contribution is -2.52. The van der Waals surface area contributed by atoms with Crippen LogP contribution in [-0.4, -0.2) is 28.2 Å². The van der Waals surface area contributed by atoms with Gasteiger partial charge in [-0.3, -0.25) is 4.79 Å². The van der Waals surface area contributed by atoms with Crippen molar-refractivity contribution in [2.24, 2.45) is 0 Å². The molecule has 0 amide bonds. The molecular formula is C21H19ClN3O2+. The Labute approximate surface area is 160 Å². The second-order valence-corrected chi connectivity index (χ2v) is 7.65. The SMILES string of the molecule is COc1ccc2[nH]c(C(=O)C3CC(Cl)Cc4c5cc[nH]c5cc[n+]43)cc2c1. The molecule has 136 valence electrons. The molecule has 5 nitrogen and oxygen atoms in total. The fourth-order valence-electron chi connectivity index (χ4n) is 4.10. The minimum absolute atomic E-state index is 0.0525. The molecule has 0 saturated carbocycles. The summed E-state index contributed by atoms with van der Waals surface area (Å²) in [7, 11) is 1.64. The van der Waals surface area contributed by atoms with Crippen LogP contribution in [0, 0.1) is 0 Å². The molecule has 0 bridgehead atoms. The molecular weight excluding hydrogens is 362 g/mol. The van der Waals surface area contributed by atoms with Crippen molar-refractivity contribution in [1.82, 2.24) is 9.97 Å². The largest absolute Gasteiger partial charge is 0.497 e. The van der Waals surface area contributed by atoms with E-state index in [0.717, 1.165) is 39.7 Å². The molecule has 2 atom stereocenters. The molecule has 2 unspecified atom stereocenters. The third-order valence-corrected chi connectivity index (χ3v) is 5.76. The number of nitrogens with zero attached hydrogens (tertiary/aromatic N) is 1. The quantitative estimate of drug-likeness (QED) is 0.321. The van der Waals surface area contributed by atoms with Crippen molar-refractivity contribution >= 4 is 39.2 Å². The fourth-order valence-corrected chi connectivity index (χ4v) is 4.41. The standard InChI is InChI=1S/C21H18ClN3O2/c1-27-14-2-3-16-12(8-14)9-18(24-16)21(26)20-11-13(22)10-19-15-4-6-23-17(15)5-7-25(19)20/h2-9,13,20H,10-11H2,1H3,(H,24,26)/p+1. The zero-order chi connectivity index (χ0) is 18.5. The number of benzene rings is 1. The Hall–Kier alpha value is -2.79. The molecule has 4 heterocycles. The van der Waals surface area contributed by atoms with Crippen LogP contribution in [0.15, 0.2) is 48.8 Å². The molecule has 0 aliphatic carbocycles. The third-order valence-electron chi connectivity index (χ3n) is 5.43. The predicted octanol–water partition coefficient (Wildman–Crippen LogP) is 3.92. The van der Waals surface area contributed by atoms with E-state index in [9.17, 15) is 4.79 Å². The van der Waals surface area contributed by atoms with E-state index in [0.29, 0.717) is 12.1 Å². The van der Waals surface area contributed by atoms with Crippen molar-refractivity contribution < 1.29 is 14.1 Å². The van der Waals surface area contributed by atoms with E-state index < -0.39 is 0 Å². The van der Waals surface area contributed by atoms with Crippen LogP contribution in [-0.2, 0) is 6.42 Å². The molecule has 1 aromatic carbocycles. The molecule has 0 spiro atoms. The Kier molecular flexibility index (Phi) is 3.72. The summed E-state index contributed by atoms with van der Waals surface area (Å²) in [6.45, 7) is 0. The van der Waals surface area contributed by atoms with E-state index in [1.165, 1.54) is 0 Å². The number of Topliss-reactive ketones (excluding diaryl/α,β-unsaturated/α-hetero) is 1. The van der Waals surface area contributed by atoms with Gasteiger partial charge in [-0.15, -0.1) is 11.6 Å². The zero-order valence-electron chi connectivity index (χ0n) is 14.8. The summed E-state index contributed by atoms with van der Waals surface area (Å²) in [6, 6.07) is 11.4. The average Bonchev–Trinajstić information content (AvgIpc) is 3.32. The van der Waals surface area contributed by atoms with Crippen LogP contribution in [0.25, 0.3) is 21.8 Å². The lowest BCUT2D eigenvalue weighted by Gasteiger charge is -2.22. The summed E-state index contributed by atoms with van der Waals surface area (Å²) in [5, 5.41) is 2.02. The Morgan fingerprint density at radius 3 is 2.96 bits per heavy atom. The molecule has 2 N–H and O–H groups in total. The van der Waals surface area contributed by atoms with Crippen molar-refractivity contribution in [3.63, 3.8) is 0 Å². The Bertz CT molecular complexity index is 1180. The second-order valence-electron chi connectivity index (χ2n) is 7.03. The number of fused-ring (bicyclic) bond motifs is 4. The Morgan fingerprint density at radius 1 is 1.22 bits per heavy atom. The minimum atomic E-state index is -0.314. The number of pyridine rings is 1. The number of carbonyl (C=O) groups excluding carboxylic acids is 1. The van der Waals surface area contributed by atoms with Gasteiger partial charge in [0, 0.05) is 36.0 Å². The first-order valence-electron chi connectivity index (χ1n) is 8.99. The first kappa shape index (κ1) is 16.4. The zero-order valence-corrected chi connectivity index (χ0v) is 15.6. The molecule has 3 aromatic heterocycles. The van der Waals surface area contributed by atoms with Gasteiger partial charge in [0.25, 0.3) is 0 Å². The number of rotatable bonds is 3. The Balaban J connectivity index is 1.59. The van der Waals surface area contributed by atoms with Crippen LogP contribution >= 0.6 is 11.6 Å². The van der Waals surface area contributed by atoms with Gasteiger partial charge in [-0.2, -0.15) is 4.57 Å². The van der Waals surface area contributed by atoms with E-state index in [4.69, 9.17) is 16.3 Å². The summed E-state index contributed by atoms with van der Waals surface area (Å²) >= 11 is 6.55. The Morgan fingerprint density at radius 2 is 2.11 bits per heavy atom. The lowest BCUT2D eigenvalue weighted by molar-refractivity contribution is -0.718. The number of hydrogen-bond acceptors (Lipinski definition) is 2. The molecule has 0 fully saturated rings. The van der Waals surface area contributed by atoms with Gasteiger partial charge in [0.1, 0.15) is 5.75 Å². The minimum Gasteiger partial charge on any atom is -0.497 e. The summed E-state index contributed by atoms with van der Waals surface area (Å²) in [4.78, 5) is 19.8. The van der Waals surface area contributed by atoms with Gasteiger partial charge in [-0.25, -0.2) is 0 Å². The molecule has 1 aliphatic rings.